The molecule has 0 aromatic carbocycles. The molecule has 1 heterocycles. The lowest BCUT2D eigenvalue weighted by Gasteiger charge is -2.22. The van der Waals surface area contributed by atoms with Crippen molar-refractivity contribution in [2.45, 2.75) is 25.8 Å². The fourth-order valence-electron chi connectivity index (χ4n) is 1.76. The van der Waals surface area contributed by atoms with Gasteiger partial charge in [0.2, 0.25) is 10.0 Å². The molecule has 1 atom stereocenters. The molecule has 0 spiro atoms. The highest BCUT2D eigenvalue weighted by atomic mass is 79.9. The van der Waals surface area contributed by atoms with Crippen LogP contribution in [0.15, 0.2) is 0 Å². The topological polar surface area (TPSA) is 46.6 Å². The van der Waals surface area contributed by atoms with Gasteiger partial charge in [-0.05, 0) is 19.8 Å². The number of sulfonamides is 1. The number of alkyl halides is 1. The number of hydrogen-bond acceptors (Lipinski definition) is 3. The third kappa shape index (κ3) is 3.69. The van der Waals surface area contributed by atoms with Gasteiger partial charge in [0.25, 0.3) is 0 Å². The maximum absolute atomic E-state index is 11.9. The fraction of sp³-hybridized carbons (Fsp3) is 1.00. The van der Waals surface area contributed by atoms with E-state index in [9.17, 15) is 8.42 Å². The summed E-state index contributed by atoms with van der Waals surface area (Å²) >= 11 is 3.35. The van der Waals surface area contributed by atoms with E-state index >= 15 is 0 Å². The van der Waals surface area contributed by atoms with Crippen molar-refractivity contribution in [2.75, 3.05) is 30.8 Å². The maximum atomic E-state index is 11.9. The molecule has 0 saturated carbocycles. The highest BCUT2D eigenvalue weighted by Crippen LogP contribution is 2.22. The van der Waals surface area contributed by atoms with Gasteiger partial charge in [0, 0.05) is 24.5 Å². The first kappa shape index (κ1) is 13.4. The van der Waals surface area contributed by atoms with Crippen molar-refractivity contribution in [3.05, 3.63) is 0 Å². The zero-order valence-corrected chi connectivity index (χ0v) is 11.4. The smallest absolute Gasteiger partial charge is 0.216 e. The molecule has 1 fully saturated rings. The van der Waals surface area contributed by atoms with Gasteiger partial charge in [-0.1, -0.05) is 15.9 Å². The molecular formula is C9H18BrNO3S. The highest BCUT2D eigenvalue weighted by Gasteiger charge is 2.32. The van der Waals surface area contributed by atoms with Crippen molar-refractivity contribution in [3.63, 3.8) is 0 Å². The molecule has 1 saturated heterocycles. The minimum atomic E-state index is -3.12. The van der Waals surface area contributed by atoms with Gasteiger partial charge in [0.15, 0.2) is 0 Å². The molecule has 90 valence electrons. The lowest BCUT2D eigenvalue weighted by molar-refractivity contribution is 0.162. The second-order valence-electron chi connectivity index (χ2n) is 3.57. The Kier molecular flexibility index (Phi) is 5.52. The van der Waals surface area contributed by atoms with Crippen LogP contribution in [0.3, 0.4) is 0 Å². The SMILES string of the molecule is CCOCCS(=O)(=O)N1CCCC1CBr. The van der Waals surface area contributed by atoms with Gasteiger partial charge in [-0.2, -0.15) is 4.31 Å². The summed E-state index contributed by atoms with van der Waals surface area (Å²) in [6.07, 6.45) is 1.92. The van der Waals surface area contributed by atoms with Crippen LogP contribution in [0.5, 0.6) is 0 Å². The average Bonchev–Trinajstić information content (AvgIpc) is 2.66. The van der Waals surface area contributed by atoms with Crippen molar-refractivity contribution in [1.29, 1.82) is 0 Å². The summed E-state index contributed by atoms with van der Waals surface area (Å²) in [7, 11) is -3.12. The van der Waals surface area contributed by atoms with Crippen LogP contribution in [0.4, 0.5) is 0 Å². The Bertz CT molecular complexity index is 281. The second kappa shape index (κ2) is 6.18. The predicted octanol–water partition coefficient (Wildman–Crippen LogP) is 1.21. The molecular weight excluding hydrogens is 282 g/mol. The van der Waals surface area contributed by atoms with E-state index in [1.807, 2.05) is 6.92 Å². The van der Waals surface area contributed by atoms with E-state index in [-0.39, 0.29) is 11.8 Å². The monoisotopic (exact) mass is 299 g/mol. The zero-order chi connectivity index (χ0) is 11.3. The number of rotatable bonds is 6. The highest BCUT2D eigenvalue weighted by molar-refractivity contribution is 9.09. The molecule has 4 nitrogen and oxygen atoms in total. The van der Waals surface area contributed by atoms with Crippen LogP contribution >= 0.6 is 15.9 Å². The summed E-state index contributed by atoms with van der Waals surface area (Å²) in [6, 6.07) is 0.136. The van der Waals surface area contributed by atoms with Gasteiger partial charge in [-0.3, -0.25) is 0 Å². The Hall–Kier alpha value is 0.350. The minimum absolute atomic E-state index is 0.102. The van der Waals surface area contributed by atoms with Crippen LogP contribution in [-0.4, -0.2) is 49.6 Å². The summed E-state index contributed by atoms with van der Waals surface area (Å²) in [5.41, 5.74) is 0. The lowest BCUT2D eigenvalue weighted by atomic mass is 10.3. The Morgan fingerprint density at radius 3 is 2.87 bits per heavy atom. The fourth-order valence-corrected chi connectivity index (χ4v) is 4.22. The Morgan fingerprint density at radius 1 is 1.53 bits per heavy atom. The van der Waals surface area contributed by atoms with Crippen molar-refractivity contribution in [3.8, 4) is 0 Å². The summed E-state index contributed by atoms with van der Waals surface area (Å²) in [4.78, 5) is 0. The van der Waals surface area contributed by atoms with Crippen LogP contribution < -0.4 is 0 Å². The first-order valence-corrected chi connectivity index (χ1v) is 7.98. The normalized spacial score (nSPS) is 23.5. The number of nitrogens with zero attached hydrogens (tertiary/aromatic N) is 1. The molecule has 15 heavy (non-hydrogen) atoms. The van der Waals surface area contributed by atoms with Crippen molar-refractivity contribution < 1.29 is 13.2 Å². The van der Waals surface area contributed by atoms with E-state index in [0.717, 1.165) is 18.2 Å². The van der Waals surface area contributed by atoms with E-state index < -0.39 is 10.0 Å². The number of ether oxygens (including phenoxy) is 1. The molecule has 0 radical (unpaired) electrons. The van der Waals surface area contributed by atoms with Crippen LogP contribution in [0.25, 0.3) is 0 Å². The molecule has 0 bridgehead atoms. The Balaban J connectivity index is 2.52. The molecule has 1 unspecified atom stereocenters. The lowest BCUT2D eigenvalue weighted by Crippen LogP contribution is -2.38. The molecule has 0 aliphatic carbocycles. The zero-order valence-electron chi connectivity index (χ0n) is 8.99. The van der Waals surface area contributed by atoms with E-state index in [1.165, 1.54) is 0 Å². The molecule has 6 heteroatoms. The quantitative estimate of drug-likeness (QED) is 0.547. The van der Waals surface area contributed by atoms with Crippen LogP contribution in [-0.2, 0) is 14.8 Å². The van der Waals surface area contributed by atoms with Gasteiger partial charge in [-0.15, -0.1) is 0 Å². The summed E-state index contributed by atoms with van der Waals surface area (Å²) in [6.45, 7) is 3.39. The maximum Gasteiger partial charge on any atom is 0.216 e. The van der Waals surface area contributed by atoms with Crippen LogP contribution in [0.1, 0.15) is 19.8 Å². The van der Waals surface area contributed by atoms with Crippen LogP contribution in [0.2, 0.25) is 0 Å². The molecule has 0 amide bonds. The summed E-state index contributed by atoms with van der Waals surface area (Å²) in [5.74, 6) is 0.102. The second-order valence-corrected chi connectivity index (χ2v) is 6.26. The van der Waals surface area contributed by atoms with Crippen molar-refractivity contribution >= 4 is 26.0 Å². The van der Waals surface area contributed by atoms with E-state index in [2.05, 4.69) is 15.9 Å². The largest absolute Gasteiger partial charge is 0.381 e. The Morgan fingerprint density at radius 2 is 2.27 bits per heavy atom. The average molecular weight is 300 g/mol. The summed E-state index contributed by atoms with van der Waals surface area (Å²) in [5, 5.41) is 0.723. The van der Waals surface area contributed by atoms with Gasteiger partial charge in [-0.25, -0.2) is 8.42 Å². The van der Waals surface area contributed by atoms with Gasteiger partial charge < -0.3 is 4.74 Å². The number of halogens is 1. The molecule has 0 aromatic rings. The van der Waals surface area contributed by atoms with Crippen molar-refractivity contribution in [2.24, 2.45) is 0 Å². The van der Waals surface area contributed by atoms with E-state index in [0.29, 0.717) is 19.8 Å². The molecule has 0 aromatic heterocycles. The van der Waals surface area contributed by atoms with E-state index in [1.54, 1.807) is 4.31 Å². The predicted molar refractivity (Wildman–Crippen MR) is 63.8 cm³/mol. The number of hydrogen-bond donors (Lipinski definition) is 0. The molecule has 0 N–H and O–H groups in total. The standard InChI is InChI=1S/C9H18BrNO3S/c1-2-14-6-7-15(12,13)11-5-3-4-9(11)8-10/h9H,2-8H2,1H3. The third-order valence-electron chi connectivity index (χ3n) is 2.55. The molecule has 1 aliphatic rings. The van der Waals surface area contributed by atoms with E-state index in [4.69, 9.17) is 4.74 Å². The van der Waals surface area contributed by atoms with Gasteiger partial charge in [0.1, 0.15) is 0 Å². The Labute approximate surface area is 100 Å². The molecule has 1 rings (SSSR count). The van der Waals surface area contributed by atoms with Gasteiger partial charge >= 0.3 is 0 Å². The summed E-state index contributed by atoms with van der Waals surface area (Å²) < 4.78 is 30.5. The third-order valence-corrected chi connectivity index (χ3v) is 5.17. The first-order chi connectivity index (χ1) is 7.11. The minimum Gasteiger partial charge on any atom is -0.381 e. The van der Waals surface area contributed by atoms with Crippen LogP contribution in [0, 0.1) is 0 Å². The molecule has 1 aliphatic heterocycles. The van der Waals surface area contributed by atoms with Crippen molar-refractivity contribution in [1.82, 2.24) is 4.31 Å². The van der Waals surface area contributed by atoms with Gasteiger partial charge in [0.05, 0.1) is 12.4 Å². The first-order valence-electron chi connectivity index (χ1n) is 5.25.